The van der Waals surface area contributed by atoms with Crippen LogP contribution >= 0.6 is 15.9 Å². The molecule has 21 heavy (non-hydrogen) atoms. The standard InChI is InChI=1S/C17H22BrNO2/c1-13-11-14(5-7-16(13)18)17-8-6-15(21-17)12-19-9-3-2-4-10-20/h5-8,11,19-20H,2-4,9-10,12H2,1H3. The fraction of sp³-hybridized carbons (Fsp3) is 0.412. The first-order valence-electron chi connectivity index (χ1n) is 7.37. The van der Waals surface area contributed by atoms with E-state index in [0.29, 0.717) is 0 Å². The van der Waals surface area contributed by atoms with E-state index in [1.54, 1.807) is 0 Å². The molecule has 0 saturated carbocycles. The Morgan fingerprint density at radius 2 is 2.00 bits per heavy atom. The van der Waals surface area contributed by atoms with E-state index < -0.39 is 0 Å². The summed E-state index contributed by atoms with van der Waals surface area (Å²) in [5, 5.41) is 12.1. The lowest BCUT2D eigenvalue weighted by Gasteiger charge is -2.03. The number of aryl methyl sites for hydroxylation is 1. The van der Waals surface area contributed by atoms with Crippen LogP contribution in [0.3, 0.4) is 0 Å². The lowest BCUT2D eigenvalue weighted by Crippen LogP contribution is -2.14. The van der Waals surface area contributed by atoms with E-state index in [2.05, 4.69) is 40.3 Å². The van der Waals surface area contributed by atoms with Gasteiger partial charge in [-0.15, -0.1) is 0 Å². The molecule has 3 nitrogen and oxygen atoms in total. The lowest BCUT2D eigenvalue weighted by atomic mass is 10.1. The summed E-state index contributed by atoms with van der Waals surface area (Å²) in [5.74, 6) is 1.86. The summed E-state index contributed by atoms with van der Waals surface area (Å²) in [6, 6.07) is 10.3. The SMILES string of the molecule is Cc1cc(-c2ccc(CNCCCCCO)o2)ccc1Br. The number of furan rings is 1. The second-order valence-corrected chi connectivity index (χ2v) is 6.05. The minimum Gasteiger partial charge on any atom is -0.460 e. The Labute approximate surface area is 134 Å². The molecule has 0 amide bonds. The van der Waals surface area contributed by atoms with Gasteiger partial charge < -0.3 is 14.8 Å². The van der Waals surface area contributed by atoms with E-state index in [1.807, 2.05) is 18.2 Å². The number of rotatable bonds is 8. The minimum atomic E-state index is 0.286. The van der Waals surface area contributed by atoms with Crippen molar-refractivity contribution in [1.29, 1.82) is 0 Å². The summed E-state index contributed by atoms with van der Waals surface area (Å²) >= 11 is 3.51. The first kappa shape index (κ1) is 16.3. The lowest BCUT2D eigenvalue weighted by molar-refractivity contribution is 0.282. The highest BCUT2D eigenvalue weighted by Gasteiger charge is 2.06. The first-order chi connectivity index (χ1) is 10.2. The van der Waals surface area contributed by atoms with Gasteiger partial charge in [0.2, 0.25) is 0 Å². The van der Waals surface area contributed by atoms with Crippen LogP contribution < -0.4 is 5.32 Å². The molecule has 0 atom stereocenters. The maximum Gasteiger partial charge on any atom is 0.134 e. The van der Waals surface area contributed by atoms with Crippen LogP contribution in [0.25, 0.3) is 11.3 Å². The smallest absolute Gasteiger partial charge is 0.134 e. The molecule has 0 unspecified atom stereocenters. The van der Waals surface area contributed by atoms with Crippen molar-refractivity contribution in [3.8, 4) is 11.3 Å². The molecule has 1 aromatic carbocycles. The molecule has 2 rings (SSSR count). The van der Waals surface area contributed by atoms with Crippen LogP contribution in [0.5, 0.6) is 0 Å². The Hall–Kier alpha value is -1.10. The van der Waals surface area contributed by atoms with Crippen molar-refractivity contribution >= 4 is 15.9 Å². The molecule has 4 heteroatoms. The number of unbranched alkanes of at least 4 members (excludes halogenated alkanes) is 2. The molecular formula is C17H22BrNO2. The highest BCUT2D eigenvalue weighted by Crippen LogP contribution is 2.26. The summed E-state index contributed by atoms with van der Waals surface area (Å²) < 4.78 is 6.99. The number of nitrogens with one attached hydrogen (secondary N) is 1. The molecule has 114 valence electrons. The van der Waals surface area contributed by atoms with Gasteiger partial charge in [0.05, 0.1) is 6.54 Å². The normalized spacial score (nSPS) is 11.0. The van der Waals surface area contributed by atoms with Gasteiger partial charge in [-0.05, 0) is 62.6 Å². The van der Waals surface area contributed by atoms with Crippen molar-refractivity contribution in [3.05, 3.63) is 46.1 Å². The number of halogens is 1. The Bertz CT molecular complexity index is 566. The van der Waals surface area contributed by atoms with Gasteiger partial charge in [0, 0.05) is 16.6 Å². The van der Waals surface area contributed by atoms with E-state index in [1.165, 1.54) is 5.56 Å². The van der Waals surface area contributed by atoms with Crippen LogP contribution in [0.2, 0.25) is 0 Å². The summed E-state index contributed by atoms with van der Waals surface area (Å²) in [6.45, 7) is 4.06. The van der Waals surface area contributed by atoms with Crippen LogP contribution in [0.4, 0.5) is 0 Å². The molecule has 1 aromatic heterocycles. The maximum atomic E-state index is 8.71. The molecule has 0 spiro atoms. The quantitative estimate of drug-likeness (QED) is 0.698. The molecule has 0 aliphatic rings. The molecule has 2 N–H and O–H groups in total. The van der Waals surface area contributed by atoms with Crippen molar-refractivity contribution in [2.24, 2.45) is 0 Å². The molecule has 0 aliphatic heterocycles. The molecule has 0 fully saturated rings. The third-order valence-corrected chi connectivity index (χ3v) is 4.30. The van der Waals surface area contributed by atoms with Crippen molar-refractivity contribution in [3.63, 3.8) is 0 Å². The third-order valence-electron chi connectivity index (χ3n) is 3.42. The minimum absolute atomic E-state index is 0.286. The van der Waals surface area contributed by atoms with Gasteiger partial charge in [0.1, 0.15) is 11.5 Å². The number of hydrogen-bond donors (Lipinski definition) is 2. The fourth-order valence-electron chi connectivity index (χ4n) is 2.18. The number of hydrogen-bond acceptors (Lipinski definition) is 3. The zero-order chi connectivity index (χ0) is 15.1. The van der Waals surface area contributed by atoms with Crippen LogP contribution in [-0.4, -0.2) is 18.3 Å². The van der Waals surface area contributed by atoms with Crippen molar-refractivity contribution in [2.45, 2.75) is 32.7 Å². The van der Waals surface area contributed by atoms with Crippen LogP contribution in [0, 0.1) is 6.92 Å². The Morgan fingerprint density at radius 1 is 1.14 bits per heavy atom. The van der Waals surface area contributed by atoms with Crippen LogP contribution in [0.1, 0.15) is 30.6 Å². The molecule has 0 radical (unpaired) electrons. The Kier molecular flexibility index (Phi) is 6.49. The summed E-state index contributed by atoms with van der Waals surface area (Å²) in [6.07, 6.45) is 3.03. The van der Waals surface area contributed by atoms with Crippen molar-refractivity contribution in [2.75, 3.05) is 13.2 Å². The highest BCUT2D eigenvalue weighted by atomic mass is 79.9. The van der Waals surface area contributed by atoms with Gasteiger partial charge >= 0.3 is 0 Å². The number of aliphatic hydroxyl groups excluding tert-OH is 1. The molecule has 0 saturated heterocycles. The van der Waals surface area contributed by atoms with Crippen LogP contribution in [-0.2, 0) is 6.54 Å². The van der Waals surface area contributed by atoms with Gasteiger partial charge in [0.15, 0.2) is 0 Å². The summed E-state index contributed by atoms with van der Waals surface area (Å²) in [4.78, 5) is 0. The second kappa shape index (κ2) is 8.37. The average Bonchev–Trinajstić information content (AvgIpc) is 2.94. The zero-order valence-electron chi connectivity index (χ0n) is 12.4. The fourth-order valence-corrected chi connectivity index (χ4v) is 2.42. The first-order valence-corrected chi connectivity index (χ1v) is 8.17. The second-order valence-electron chi connectivity index (χ2n) is 5.19. The highest BCUT2D eigenvalue weighted by molar-refractivity contribution is 9.10. The number of benzene rings is 1. The van der Waals surface area contributed by atoms with Gasteiger partial charge in [-0.2, -0.15) is 0 Å². The van der Waals surface area contributed by atoms with Crippen molar-refractivity contribution in [1.82, 2.24) is 5.32 Å². The third kappa shape index (κ3) is 4.99. The van der Waals surface area contributed by atoms with Gasteiger partial charge in [-0.1, -0.05) is 22.0 Å². The largest absolute Gasteiger partial charge is 0.460 e. The van der Waals surface area contributed by atoms with E-state index in [9.17, 15) is 0 Å². The molecule has 0 aliphatic carbocycles. The predicted molar refractivity (Wildman–Crippen MR) is 89.2 cm³/mol. The molecule has 2 aromatic rings. The van der Waals surface area contributed by atoms with E-state index in [4.69, 9.17) is 9.52 Å². The summed E-state index contributed by atoms with van der Waals surface area (Å²) in [7, 11) is 0. The Morgan fingerprint density at radius 3 is 2.76 bits per heavy atom. The van der Waals surface area contributed by atoms with Crippen LogP contribution in [0.15, 0.2) is 39.2 Å². The van der Waals surface area contributed by atoms with Gasteiger partial charge in [0.25, 0.3) is 0 Å². The van der Waals surface area contributed by atoms with Gasteiger partial charge in [-0.25, -0.2) is 0 Å². The average molecular weight is 352 g/mol. The van der Waals surface area contributed by atoms with Gasteiger partial charge in [-0.3, -0.25) is 0 Å². The number of aliphatic hydroxyl groups is 1. The monoisotopic (exact) mass is 351 g/mol. The topological polar surface area (TPSA) is 45.4 Å². The Balaban J connectivity index is 1.85. The molecule has 1 heterocycles. The summed E-state index contributed by atoms with van der Waals surface area (Å²) in [5.41, 5.74) is 2.30. The molecule has 0 bridgehead atoms. The van der Waals surface area contributed by atoms with E-state index >= 15 is 0 Å². The zero-order valence-corrected chi connectivity index (χ0v) is 13.9. The van der Waals surface area contributed by atoms with E-state index in [-0.39, 0.29) is 6.61 Å². The van der Waals surface area contributed by atoms with E-state index in [0.717, 1.165) is 53.9 Å². The van der Waals surface area contributed by atoms with Crippen molar-refractivity contribution < 1.29 is 9.52 Å². The predicted octanol–water partition coefficient (Wildman–Crippen LogP) is 4.27. The molecular weight excluding hydrogens is 330 g/mol. The maximum absolute atomic E-state index is 8.71.